The van der Waals surface area contributed by atoms with E-state index in [1.807, 2.05) is 36.4 Å². The second kappa shape index (κ2) is 7.49. The smallest absolute Gasteiger partial charge is 0.358 e. The maximum atomic E-state index is 11.9. The Labute approximate surface area is 142 Å². The second-order valence-electron chi connectivity index (χ2n) is 4.20. The third kappa shape index (κ3) is 3.91. The molecule has 22 heavy (non-hydrogen) atoms. The average Bonchev–Trinajstić information content (AvgIpc) is 2.53. The van der Waals surface area contributed by atoms with Crippen LogP contribution in [0.25, 0.3) is 6.08 Å². The van der Waals surface area contributed by atoms with Gasteiger partial charge in [-0.1, -0.05) is 71.2 Å². The summed E-state index contributed by atoms with van der Waals surface area (Å²) < 4.78 is 5.05. The molecule has 0 atom stereocenters. The van der Waals surface area contributed by atoms with Gasteiger partial charge in [0.2, 0.25) is 0 Å². The Balaban J connectivity index is 2.03. The summed E-state index contributed by atoms with van der Waals surface area (Å²) >= 11 is 17.5. The molecule has 0 spiro atoms. The number of hydrogen-bond donors (Lipinski definition) is 1. The molecule has 0 aliphatic rings. The van der Waals surface area contributed by atoms with Gasteiger partial charge in [0.25, 0.3) is 0 Å². The molecular weight excluding hydrogens is 347 g/mol. The number of anilines is 1. The van der Waals surface area contributed by atoms with Gasteiger partial charge in [0.05, 0.1) is 10.7 Å². The zero-order chi connectivity index (χ0) is 16.1. The van der Waals surface area contributed by atoms with E-state index >= 15 is 0 Å². The van der Waals surface area contributed by atoms with Crippen LogP contribution in [-0.2, 0) is 4.74 Å². The van der Waals surface area contributed by atoms with Crippen LogP contribution in [0.2, 0.25) is 15.2 Å². The largest absolute Gasteiger partial charge is 0.457 e. The number of benzene rings is 1. The predicted octanol–water partition coefficient (Wildman–Crippen LogP) is 4.49. The summed E-state index contributed by atoms with van der Waals surface area (Å²) in [5, 5.41) is -0.172. The molecule has 1 aromatic carbocycles. The molecule has 0 bridgehead atoms. The number of nitrogens with zero attached hydrogens (tertiary/aromatic N) is 1. The molecule has 0 saturated heterocycles. The molecule has 0 aliphatic carbocycles. The Morgan fingerprint density at radius 2 is 1.86 bits per heavy atom. The van der Waals surface area contributed by atoms with Crippen LogP contribution in [0.3, 0.4) is 0 Å². The number of halogens is 3. The average molecular weight is 358 g/mol. The van der Waals surface area contributed by atoms with Gasteiger partial charge >= 0.3 is 5.97 Å². The number of rotatable bonds is 4. The van der Waals surface area contributed by atoms with Crippen LogP contribution in [0.4, 0.5) is 5.69 Å². The van der Waals surface area contributed by atoms with E-state index in [9.17, 15) is 4.79 Å². The number of ether oxygens (including phenoxy) is 1. The van der Waals surface area contributed by atoms with E-state index in [1.54, 1.807) is 6.08 Å². The molecule has 1 aromatic heterocycles. The zero-order valence-electron chi connectivity index (χ0n) is 11.2. The lowest BCUT2D eigenvalue weighted by Gasteiger charge is -2.08. The maximum absolute atomic E-state index is 11.9. The topological polar surface area (TPSA) is 65.2 Å². The number of hydrogen-bond acceptors (Lipinski definition) is 4. The summed E-state index contributed by atoms with van der Waals surface area (Å²) in [6.45, 7) is 0.0614. The fourth-order valence-electron chi connectivity index (χ4n) is 1.61. The van der Waals surface area contributed by atoms with Crippen LogP contribution in [-0.4, -0.2) is 17.6 Å². The van der Waals surface area contributed by atoms with Crippen molar-refractivity contribution in [3.63, 3.8) is 0 Å². The van der Waals surface area contributed by atoms with E-state index in [0.717, 1.165) is 5.56 Å². The third-order valence-corrected chi connectivity index (χ3v) is 3.82. The normalized spacial score (nSPS) is 10.9. The summed E-state index contributed by atoms with van der Waals surface area (Å²) in [4.78, 5) is 15.7. The van der Waals surface area contributed by atoms with Crippen molar-refractivity contribution in [2.24, 2.45) is 0 Å². The molecule has 2 aromatic rings. The quantitative estimate of drug-likeness (QED) is 0.646. The summed E-state index contributed by atoms with van der Waals surface area (Å²) in [5.74, 6) is -0.729. The number of pyridine rings is 1. The molecule has 114 valence electrons. The van der Waals surface area contributed by atoms with Crippen molar-refractivity contribution in [3.8, 4) is 0 Å². The fourth-order valence-corrected chi connectivity index (χ4v) is 2.19. The molecule has 0 radical (unpaired) electrons. The first-order valence-corrected chi connectivity index (χ1v) is 7.32. The summed E-state index contributed by atoms with van der Waals surface area (Å²) in [6.07, 6.45) is 3.52. The minimum absolute atomic E-state index is 0.00453. The molecule has 4 nitrogen and oxygen atoms in total. The minimum Gasteiger partial charge on any atom is -0.457 e. The van der Waals surface area contributed by atoms with E-state index in [-0.39, 0.29) is 33.2 Å². The van der Waals surface area contributed by atoms with Crippen LogP contribution < -0.4 is 5.73 Å². The lowest BCUT2D eigenvalue weighted by atomic mass is 10.2. The molecule has 2 N–H and O–H groups in total. The molecule has 1 heterocycles. The Hall–Kier alpha value is -1.75. The van der Waals surface area contributed by atoms with Gasteiger partial charge in [0.1, 0.15) is 11.6 Å². The summed E-state index contributed by atoms with van der Waals surface area (Å²) in [7, 11) is 0. The van der Waals surface area contributed by atoms with E-state index < -0.39 is 5.97 Å². The maximum Gasteiger partial charge on any atom is 0.358 e. The molecule has 0 amide bonds. The highest BCUT2D eigenvalue weighted by Crippen LogP contribution is 2.34. The Morgan fingerprint density at radius 3 is 2.55 bits per heavy atom. The first-order chi connectivity index (χ1) is 10.5. The van der Waals surface area contributed by atoms with Crippen molar-refractivity contribution in [2.45, 2.75) is 0 Å². The lowest BCUT2D eigenvalue weighted by Crippen LogP contribution is -2.10. The fraction of sp³-hybridized carbons (Fsp3) is 0.0667. The second-order valence-corrected chi connectivity index (χ2v) is 5.32. The minimum atomic E-state index is -0.729. The van der Waals surface area contributed by atoms with Crippen LogP contribution >= 0.6 is 34.8 Å². The SMILES string of the molecule is Nc1c(Cl)c(Cl)nc(C(=O)OCC=Cc2ccccc2)c1Cl. The molecule has 0 unspecified atom stereocenters. The van der Waals surface area contributed by atoms with Crippen molar-refractivity contribution in [1.82, 2.24) is 4.98 Å². The number of nitrogens with two attached hydrogens (primary N) is 1. The highest BCUT2D eigenvalue weighted by atomic mass is 35.5. The predicted molar refractivity (Wildman–Crippen MR) is 89.4 cm³/mol. The lowest BCUT2D eigenvalue weighted by molar-refractivity contribution is 0.0543. The molecule has 0 aliphatic heterocycles. The molecule has 0 fully saturated rings. The molecule has 0 saturated carbocycles. The first-order valence-electron chi connectivity index (χ1n) is 6.19. The van der Waals surface area contributed by atoms with Crippen molar-refractivity contribution < 1.29 is 9.53 Å². The van der Waals surface area contributed by atoms with Crippen molar-refractivity contribution in [1.29, 1.82) is 0 Å². The Bertz CT molecular complexity index is 718. The van der Waals surface area contributed by atoms with E-state index in [2.05, 4.69) is 4.98 Å². The standard InChI is InChI=1S/C15H11Cl3N2O2/c16-10-12(19)11(17)14(18)20-13(10)15(21)22-8-4-7-9-5-2-1-3-6-9/h1-7H,8H2,(H2,19,20). The van der Waals surface area contributed by atoms with E-state index in [4.69, 9.17) is 45.3 Å². The van der Waals surface area contributed by atoms with Gasteiger partial charge in [-0.25, -0.2) is 9.78 Å². The Kier molecular flexibility index (Phi) is 5.66. The molecular formula is C15H11Cl3N2O2. The number of carbonyl (C=O) groups is 1. The van der Waals surface area contributed by atoms with Crippen LogP contribution in [0, 0.1) is 0 Å². The van der Waals surface area contributed by atoms with E-state index in [0.29, 0.717) is 0 Å². The third-order valence-electron chi connectivity index (χ3n) is 2.69. The number of aromatic nitrogens is 1. The highest BCUT2D eigenvalue weighted by Gasteiger charge is 2.20. The summed E-state index contributed by atoms with van der Waals surface area (Å²) in [5.41, 5.74) is 6.47. The van der Waals surface area contributed by atoms with Crippen molar-refractivity contribution >= 4 is 52.5 Å². The van der Waals surface area contributed by atoms with Crippen LogP contribution in [0.15, 0.2) is 36.4 Å². The van der Waals surface area contributed by atoms with Gasteiger partial charge in [-0.2, -0.15) is 0 Å². The molecule has 7 heteroatoms. The van der Waals surface area contributed by atoms with Crippen molar-refractivity contribution in [3.05, 3.63) is 62.9 Å². The van der Waals surface area contributed by atoms with Gasteiger partial charge in [0, 0.05) is 0 Å². The van der Waals surface area contributed by atoms with Crippen molar-refractivity contribution in [2.75, 3.05) is 12.3 Å². The first kappa shape index (κ1) is 16.6. The summed E-state index contributed by atoms with van der Waals surface area (Å²) in [6, 6.07) is 9.59. The van der Waals surface area contributed by atoms with Gasteiger partial charge in [-0.3, -0.25) is 0 Å². The highest BCUT2D eigenvalue weighted by molar-refractivity contribution is 6.46. The monoisotopic (exact) mass is 356 g/mol. The molecule has 2 rings (SSSR count). The number of carbonyl (C=O) groups excluding carboxylic acids is 1. The van der Waals surface area contributed by atoms with Gasteiger partial charge in [-0.05, 0) is 11.6 Å². The Morgan fingerprint density at radius 1 is 1.18 bits per heavy atom. The van der Waals surface area contributed by atoms with E-state index in [1.165, 1.54) is 0 Å². The van der Waals surface area contributed by atoms with Crippen LogP contribution in [0.1, 0.15) is 16.1 Å². The number of esters is 1. The van der Waals surface area contributed by atoms with Crippen LogP contribution in [0.5, 0.6) is 0 Å². The van der Waals surface area contributed by atoms with Gasteiger partial charge in [0.15, 0.2) is 10.8 Å². The number of nitrogen functional groups attached to an aromatic ring is 1. The van der Waals surface area contributed by atoms with Gasteiger partial charge in [-0.15, -0.1) is 0 Å². The zero-order valence-corrected chi connectivity index (χ0v) is 13.5. The van der Waals surface area contributed by atoms with Gasteiger partial charge < -0.3 is 10.5 Å².